The lowest BCUT2D eigenvalue weighted by Gasteiger charge is -2.26. The summed E-state index contributed by atoms with van der Waals surface area (Å²) in [7, 11) is 1.33. The number of hydrogen-bond donors (Lipinski definition) is 0. The van der Waals surface area contributed by atoms with E-state index in [1.165, 1.54) is 18.4 Å². The Labute approximate surface area is 201 Å². The van der Waals surface area contributed by atoms with Gasteiger partial charge in [0, 0.05) is 5.56 Å². The number of benzene rings is 2. The van der Waals surface area contributed by atoms with Gasteiger partial charge < -0.3 is 9.47 Å². The van der Waals surface area contributed by atoms with Crippen molar-refractivity contribution in [3.05, 3.63) is 103 Å². The highest BCUT2D eigenvalue weighted by Gasteiger charge is 2.34. The van der Waals surface area contributed by atoms with Gasteiger partial charge in [-0.2, -0.15) is 0 Å². The molecular weight excluding hydrogens is 448 g/mol. The molecule has 174 valence electrons. The topological polar surface area (TPSA) is 69.9 Å². The third-order valence-electron chi connectivity index (χ3n) is 5.34. The zero-order valence-electron chi connectivity index (χ0n) is 19.5. The molecule has 2 aromatic carbocycles. The van der Waals surface area contributed by atoms with Gasteiger partial charge in [0.05, 0.1) is 29.0 Å². The lowest BCUT2D eigenvalue weighted by molar-refractivity contribution is -0.136. The van der Waals surface area contributed by atoms with Crippen molar-refractivity contribution in [3.8, 4) is 5.75 Å². The molecule has 4 rings (SSSR count). The van der Waals surface area contributed by atoms with Crippen LogP contribution < -0.4 is 19.6 Å². The highest BCUT2D eigenvalue weighted by molar-refractivity contribution is 7.07. The van der Waals surface area contributed by atoms with E-state index in [2.05, 4.69) is 4.99 Å². The number of nitrogens with zero attached hydrogens (tertiary/aromatic N) is 2. The molecule has 0 amide bonds. The first-order chi connectivity index (χ1) is 16.4. The second-order valence-corrected chi connectivity index (χ2v) is 9.08. The number of carbonyl (C=O) groups is 1. The predicted molar refractivity (Wildman–Crippen MR) is 134 cm³/mol. The molecule has 7 heteroatoms. The van der Waals surface area contributed by atoms with Gasteiger partial charge in [-0.15, -0.1) is 0 Å². The van der Waals surface area contributed by atoms with Crippen LogP contribution in [-0.4, -0.2) is 23.8 Å². The quantitative estimate of drug-likeness (QED) is 0.509. The van der Waals surface area contributed by atoms with Crippen molar-refractivity contribution >= 4 is 29.5 Å². The van der Waals surface area contributed by atoms with E-state index in [-0.39, 0.29) is 11.7 Å². The van der Waals surface area contributed by atoms with Gasteiger partial charge in [-0.1, -0.05) is 72.0 Å². The molecular formula is C27H26N2O4S. The average Bonchev–Trinajstić information content (AvgIpc) is 3.13. The number of allylic oxidation sites excluding steroid dienone is 2. The number of aromatic nitrogens is 1. The summed E-state index contributed by atoms with van der Waals surface area (Å²) in [6.45, 7) is 5.63. The fourth-order valence-electron chi connectivity index (χ4n) is 3.88. The number of rotatable bonds is 6. The summed E-state index contributed by atoms with van der Waals surface area (Å²) in [5.41, 5.74) is 2.36. The highest BCUT2D eigenvalue weighted by Crippen LogP contribution is 2.36. The van der Waals surface area contributed by atoms with Crippen LogP contribution >= 0.6 is 11.3 Å². The Balaban J connectivity index is 1.90. The van der Waals surface area contributed by atoms with E-state index in [4.69, 9.17) is 9.47 Å². The fourth-order valence-corrected chi connectivity index (χ4v) is 4.88. The Morgan fingerprint density at radius 2 is 1.82 bits per heavy atom. The maximum absolute atomic E-state index is 13.6. The van der Waals surface area contributed by atoms with Crippen LogP contribution in [0.2, 0.25) is 0 Å². The maximum Gasteiger partial charge on any atom is 0.338 e. The zero-order chi connectivity index (χ0) is 24.2. The molecule has 0 aliphatic carbocycles. The number of methoxy groups -OCH3 is 1. The van der Waals surface area contributed by atoms with Crippen LogP contribution in [0.1, 0.15) is 37.9 Å². The number of thiazole rings is 1. The van der Waals surface area contributed by atoms with Gasteiger partial charge in [-0.3, -0.25) is 9.36 Å². The van der Waals surface area contributed by atoms with E-state index in [0.29, 0.717) is 31.9 Å². The fraction of sp³-hybridized carbons (Fsp3) is 0.222. The monoisotopic (exact) mass is 474 g/mol. The second kappa shape index (κ2) is 10.1. The number of para-hydroxylation sites is 1. The van der Waals surface area contributed by atoms with Crippen LogP contribution in [0.15, 0.2) is 81.7 Å². The Bertz CT molecular complexity index is 1450. The lowest BCUT2D eigenvalue weighted by atomic mass is 9.95. The molecule has 1 aromatic heterocycles. The normalized spacial score (nSPS) is 16.0. The average molecular weight is 475 g/mol. The number of hydrogen-bond acceptors (Lipinski definition) is 6. The smallest absolute Gasteiger partial charge is 0.338 e. The van der Waals surface area contributed by atoms with Gasteiger partial charge in [0.25, 0.3) is 5.56 Å². The zero-order valence-corrected chi connectivity index (χ0v) is 20.3. The summed E-state index contributed by atoms with van der Waals surface area (Å²) in [4.78, 5) is 31.5. The van der Waals surface area contributed by atoms with Gasteiger partial charge in [-0.05, 0) is 38.5 Å². The number of carbonyl (C=O) groups excluding carboxylic acids is 1. The van der Waals surface area contributed by atoms with Gasteiger partial charge in [0.15, 0.2) is 4.80 Å². The Kier molecular flexibility index (Phi) is 6.93. The third kappa shape index (κ3) is 4.65. The molecule has 0 saturated carbocycles. The molecule has 2 heterocycles. The van der Waals surface area contributed by atoms with Gasteiger partial charge in [0.1, 0.15) is 11.8 Å². The van der Waals surface area contributed by atoms with Crippen LogP contribution in [0.25, 0.3) is 12.2 Å². The van der Waals surface area contributed by atoms with Crippen molar-refractivity contribution in [2.24, 2.45) is 4.99 Å². The van der Waals surface area contributed by atoms with Crippen molar-refractivity contribution in [1.29, 1.82) is 0 Å². The first kappa shape index (κ1) is 23.4. The van der Waals surface area contributed by atoms with Crippen molar-refractivity contribution in [2.45, 2.75) is 32.9 Å². The van der Waals surface area contributed by atoms with Gasteiger partial charge in [-0.25, -0.2) is 9.79 Å². The SMILES string of the molecule is COC(=O)C1=C(C)N=c2s/c(=C\C=C\c3ccccc3)c(=O)n2[C@H]1c1ccccc1OC(C)C. The maximum atomic E-state index is 13.6. The van der Waals surface area contributed by atoms with Crippen molar-refractivity contribution in [3.63, 3.8) is 0 Å². The first-order valence-electron chi connectivity index (χ1n) is 11.0. The summed E-state index contributed by atoms with van der Waals surface area (Å²) in [6, 6.07) is 16.6. The van der Waals surface area contributed by atoms with Crippen LogP contribution in [0.4, 0.5) is 0 Å². The minimum absolute atomic E-state index is 0.0771. The Hall–Kier alpha value is -3.71. The molecule has 1 aliphatic heterocycles. The van der Waals surface area contributed by atoms with Crippen molar-refractivity contribution in [1.82, 2.24) is 4.57 Å². The lowest BCUT2D eigenvalue weighted by Crippen LogP contribution is -2.40. The molecule has 1 atom stereocenters. The summed E-state index contributed by atoms with van der Waals surface area (Å²) in [5, 5.41) is 0. The molecule has 6 nitrogen and oxygen atoms in total. The van der Waals surface area contributed by atoms with E-state index in [1.54, 1.807) is 17.6 Å². The van der Waals surface area contributed by atoms with Crippen LogP contribution in [0.5, 0.6) is 5.75 Å². The molecule has 0 saturated heterocycles. The molecule has 0 spiro atoms. The minimum Gasteiger partial charge on any atom is -0.491 e. The van der Waals surface area contributed by atoms with E-state index in [9.17, 15) is 9.59 Å². The molecule has 34 heavy (non-hydrogen) atoms. The molecule has 3 aromatic rings. The molecule has 0 fully saturated rings. The standard InChI is InChI=1S/C27H26N2O4S/c1-17(2)33-21-15-9-8-14-20(21)24-23(26(31)32-4)18(3)28-27-29(24)25(30)22(34-27)16-10-13-19-11-6-5-7-12-19/h5-17,24H,1-4H3/b13-10+,22-16-/t24-/m0/s1. The first-order valence-corrected chi connectivity index (χ1v) is 11.8. The highest BCUT2D eigenvalue weighted by atomic mass is 32.1. The van der Waals surface area contributed by atoms with Gasteiger partial charge >= 0.3 is 5.97 Å². The van der Waals surface area contributed by atoms with Crippen molar-refractivity contribution < 1.29 is 14.3 Å². The number of esters is 1. The Morgan fingerprint density at radius 1 is 1.12 bits per heavy atom. The minimum atomic E-state index is -0.709. The molecule has 1 aliphatic rings. The summed E-state index contributed by atoms with van der Waals surface area (Å²) >= 11 is 1.29. The van der Waals surface area contributed by atoms with Crippen LogP contribution in [0.3, 0.4) is 0 Å². The van der Waals surface area contributed by atoms with E-state index in [1.807, 2.05) is 80.6 Å². The molecule has 0 unspecified atom stereocenters. The van der Waals surface area contributed by atoms with Crippen LogP contribution in [0, 0.1) is 0 Å². The largest absolute Gasteiger partial charge is 0.491 e. The van der Waals surface area contributed by atoms with E-state index in [0.717, 1.165) is 5.56 Å². The summed E-state index contributed by atoms with van der Waals surface area (Å²) in [6.07, 6.45) is 5.49. The van der Waals surface area contributed by atoms with E-state index < -0.39 is 12.0 Å². The predicted octanol–water partition coefficient (Wildman–Crippen LogP) is 3.86. The number of fused-ring (bicyclic) bond motifs is 1. The molecule has 0 radical (unpaired) electrons. The van der Waals surface area contributed by atoms with Crippen LogP contribution in [-0.2, 0) is 9.53 Å². The van der Waals surface area contributed by atoms with Crippen molar-refractivity contribution in [2.75, 3.05) is 7.11 Å². The second-order valence-electron chi connectivity index (χ2n) is 8.07. The Morgan fingerprint density at radius 3 is 2.53 bits per heavy atom. The summed E-state index contributed by atoms with van der Waals surface area (Å²) in [5.74, 6) is 0.0843. The molecule has 0 bridgehead atoms. The molecule has 0 N–H and O–H groups in total. The van der Waals surface area contributed by atoms with E-state index >= 15 is 0 Å². The third-order valence-corrected chi connectivity index (χ3v) is 6.34. The number of ether oxygens (including phenoxy) is 2. The summed E-state index contributed by atoms with van der Waals surface area (Å²) < 4.78 is 13.2. The van der Waals surface area contributed by atoms with Gasteiger partial charge in [0.2, 0.25) is 0 Å².